The Bertz CT molecular complexity index is 2040. The van der Waals surface area contributed by atoms with Crippen molar-refractivity contribution in [2.24, 2.45) is 5.73 Å². The van der Waals surface area contributed by atoms with Crippen molar-refractivity contribution in [1.29, 1.82) is 0 Å². The van der Waals surface area contributed by atoms with Crippen molar-refractivity contribution < 1.29 is 14.0 Å². The quantitative estimate of drug-likeness (QED) is 0.163. The molecule has 1 aliphatic carbocycles. The number of carbonyl (C=O) groups excluding carboxylic acids is 1. The maximum atomic E-state index is 11.7. The molecule has 2 aliphatic heterocycles. The maximum absolute atomic E-state index is 11.7. The van der Waals surface area contributed by atoms with Crippen molar-refractivity contribution in [2.45, 2.75) is 70.2 Å². The Kier molecular flexibility index (Phi) is 9.33. The Hall–Kier alpha value is -4.27. The van der Waals surface area contributed by atoms with Crippen LogP contribution < -0.4 is 21.0 Å². The third kappa shape index (κ3) is 6.17. The molecular weight excluding hydrogens is 659 g/mol. The Morgan fingerprint density at radius 2 is 1.60 bits per heavy atom. The first-order chi connectivity index (χ1) is 25.1. The average Bonchev–Trinajstić information content (AvgIpc) is 3.51. The van der Waals surface area contributed by atoms with E-state index >= 15 is 0 Å². The first-order valence-corrected chi connectivity index (χ1v) is 20.9. The Morgan fingerprint density at radius 1 is 0.865 bits per heavy atom. The van der Waals surface area contributed by atoms with Crippen LogP contribution in [0.25, 0.3) is 10.8 Å². The number of carbonyl (C=O) groups is 1. The summed E-state index contributed by atoms with van der Waals surface area (Å²) in [4.78, 5) is 17.0. The summed E-state index contributed by atoms with van der Waals surface area (Å²) in [6, 6.07) is 39.9. The van der Waals surface area contributed by atoms with Gasteiger partial charge in [-0.3, -0.25) is 9.69 Å². The number of ether oxygens (including phenoxy) is 1. The molecule has 5 aromatic rings. The minimum absolute atomic E-state index is 0.00876. The average molecular weight is 710 g/mol. The predicted molar refractivity (Wildman–Crippen MR) is 214 cm³/mol. The molecule has 0 spiro atoms. The summed E-state index contributed by atoms with van der Waals surface area (Å²) < 4.78 is 14.0. The van der Waals surface area contributed by atoms with Gasteiger partial charge in [-0.15, -0.1) is 0 Å². The molecule has 5 aromatic carbocycles. The maximum Gasteiger partial charge on any atom is 0.261 e. The Morgan fingerprint density at radius 3 is 2.27 bits per heavy atom. The van der Waals surface area contributed by atoms with Gasteiger partial charge < -0.3 is 19.8 Å². The van der Waals surface area contributed by atoms with Gasteiger partial charge in [0.1, 0.15) is 0 Å². The highest BCUT2D eigenvalue weighted by molar-refractivity contribution is 6.99. The molecule has 1 saturated heterocycles. The van der Waals surface area contributed by atoms with E-state index in [1.807, 2.05) is 18.2 Å². The van der Waals surface area contributed by atoms with Crippen LogP contribution in [0.1, 0.15) is 78.9 Å². The molecule has 3 atom stereocenters. The summed E-state index contributed by atoms with van der Waals surface area (Å²) in [6.07, 6.45) is 2.68. The molecule has 1 fully saturated rings. The summed E-state index contributed by atoms with van der Waals surface area (Å²) in [5.74, 6) is -0.374. The minimum atomic E-state index is -2.72. The van der Waals surface area contributed by atoms with E-state index in [9.17, 15) is 4.79 Å². The fraction of sp³-hybridized carbons (Fsp3) is 0.356. The van der Waals surface area contributed by atoms with Gasteiger partial charge in [0.25, 0.3) is 8.32 Å². The Labute approximate surface area is 309 Å². The van der Waals surface area contributed by atoms with Gasteiger partial charge in [0, 0.05) is 55.3 Å². The highest BCUT2D eigenvalue weighted by Crippen LogP contribution is 2.47. The zero-order chi connectivity index (χ0) is 36.0. The smallest absolute Gasteiger partial charge is 0.261 e. The second-order valence-corrected chi connectivity index (χ2v) is 20.2. The van der Waals surface area contributed by atoms with Crippen LogP contribution in [0.15, 0.2) is 109 Å². The van der Waals surface area contributed by atoms with Crippen LogP contribution >= 0.6 is 0 Å². The van der Waals surface area contributed by atoms with Crippen LogP contribution in [0.4, 0.5) is 5.69 Å². The number of primary amides is 1. The molecule has 0 radical (unpaired) electrons. The van der Waals surface area contributed by atoms with Crippen LogP contribution in [0.3, 0.4) is 0 Å². The SMILES string of the molecule is C[C@@H]1CN(c2ccc3c4c(cccc24)C(O[Si](c2ccccc2)(c2ccccc2)C(C)(C)C)C3)CCN1CC[C@@H]1OCCc2cc(C(N)=O)ccc21. The van der Waals surface area contributed by atoms with E-state index < -0.39 is 8.32 Å². The second-order valence-electron chi connectivity index (χ2n) is 16.0. The molecule has 0 bridgehead atoms. The summed E-state index contributed by atoms with van der Waals surface area (Å²) in [5.41, 5.74) is 12.6. The van der Waals surface area contributed by atoms with Gasteiger partial charge in [0.15, 0.2) is 0 Å². The number of hydrogen-bond donors (Lipinski definition) is 1. The summed E-state index contributed by atoms with van der Waals surface area (Å²) in [6.45, 7) is 14.1. The van der Waals surface area contributed by atoms with E-state index in [2.05, 4.69) is 128 Å². The molecule has 268 valence electrons. The van der Waals surface area contributed by atoms with Gasteiger partial charge in [0.2, 0.25) is 5.91 Å². The molecule has 1 amide bonds. The fourth-order valence-electron chi connectivity index (χ4n) is 9.29. The van der Waals surface area contributed by atoms with Crippen molar-refractivity contribution in [2.75, 3.05) is 37.7 Å². The first kappa shape index (κ1) is 34.8. The van der Waals surface area contributed by atoms with E-state index in [4.69, 9.17) is 14.9 Å². The molecule has 1 unspecified atom stereocenters. The zero-order valence-corrected chi connectivity index (χ0v) is 32.0. The number of piperazine rings is 1. The van der Waals surface area contributed by atoms with Gasteiger partial charge in [-0.1, -0.05) is 112 Å². The Balaban J connectivity index is 1.02. The third-order valence-electron chi connectivity index (χ3n) is 11.9. The highest BCUT2D eigenvalue weighted by atomic mass is 28.4. The van der Waals surface area contributed by atoms with Crippen molar-refractivity contribution in [1.82, 2.24) is 4.90 Å². The first-order valence-electron chi connectivity index (χ1n) is 19.0. The number of benzene rings is 5. The third-order valence-corrected chi connectivity index (χ3v) is 16.9. The molecular formula is C45H51N3O3Si. The normalized spacial score (nSPS) is 20.6. The standard InChI is InChI=1S/C45H51N3O3Si/c1-31-30-48(26-25-47(31)24-22-41-37-20-18-34(44(46)49)28-32(37)23-27-50-41)40-21-19-33-29-42(39-17-11-16-38(40)43(33)39)51-52(45(2,3)4,35-12-7-5-8-13-35)36-14-9-6-10-15-36/h5-21,28,31,41-42H,22-27,29-30H2,1-4H3,(H2,46,49)/t31-,41+,42?/m1/s1. The van der Waals surface area contributed by atoms with Gasteiger partial charge in [-0.25, -0.2) is 0 Å². The molecule has 0 aromatic heterocycles. The molecule has 7 heteroatoms. The second kappa shape index (κ2) is 13.9. The predicted octanol–water partition coefficient (Wildman–Crippen LogP) is 7.33. The topological polar surface area (TPSA) is 68.0 Å². The molecule has 8 rings (SSSR count). The number of amides is 1. The molecule has 2 N–H and O–H groups in total. The van der Waals surface area contributed by atoms with E-state index in [0.29, 0.717) is 18.2 Å². The van der Waals surface area contributed by atoms with E-state index in [1.165, 1.54) is 49.1 Å². The lowest BCUT2D eigenvalue weighted by Crippen LogP contribution is -2.66. The van der Waals surface area contributed by atoms with Gasteiger partial charge in [0.05, 0.1) is 18.8 Å². The lowest BCUT2D eigenvalue weighted by Gasteiger charge is -2.44. The van der Waals surface area contributed by atoms with Crippen molar-refractivity contribution in [3.63, 3.8) is 0 Å². The van der Waals surface area contributed by atoms with Crippen LogP contribution in [-0.2, 0) is 22.0 Å². The monoisotopic (exact) mass is 709 g/mol. The molecule has 6 nitrogen and oxygen atoms in total. The summed E-state index contributed by atoms with van der Waals surface area (Å²) in [7, 11) is -2.72. The van der Waals surface area contributed by atoms with E-state index in [-0.39, 0.29) is 23.2 Å². The van der Waals surface area contributed by atoms with Gasteiger partial charge in [-0.2, -0.15) is 0 Å². The number of hydrogen-bond acceptors (Lipinski definition) is 5. The lowest BCUT2D eigenvalue weighted by atomic mass is 9.93. The number of rotatable bonds is 9. The lowest BCUT2D eigenvalue weighted by molar-refractivity contribution is 0.0255. The number of anilines is 1. The fourth-order valence-corrected chi connectivity index (χ4v) is 13.9. The number of fused-ring (bicyclic) bond motifs is 1. The molecule has 52 heavy (non-hydrogen) atoms. The van der Waals surface area contributed by atoms with Crippen LogP contribution in [0.2, 0.25) is 5.04 Å². The molecule has 2 heterocycles. The van der Waals surface area contributed by atoms with Crippen molar-refractivity contribution in [3.05, 3.63) is 137 Å². The van der Waals surface area contributed by atoms with Crippen molar-refractivity contribution >= 4 is 41.1 Å². The van der Waals surface area contributed by atoms with Crippen LogP contribution in [-0.4, -0.2) is 58.0 Å². The molecule has 0 saturated carbocycles. The number of nitrogens with two attached hydrogens (primary N) is 1. The highest BCUT2D eigenvalue weighted by Gasteiger charge is 2.52. The van der Waals surface area contributed by atoms with E-state index in [1.54, 1.807) is 0 Å². The summed E-state index contributed by atoms with van der Waals surface area (Å²) >= 11 is 0. The summed E-state index contributed by atoms with van der Waals surface area (Å²) in [5, 5.41) is 5.28. The zero-order valence-electron chi connectivity index (χ0n) is 31.0. The molecule has 3 aliphatic rings. The minimum Gasteiger partial charge on any atom is -0.400 e. The van der Waals surface area contributed by atoms with Crippen LogP contribution in [0.5, 0.6) is 0 Å². The van der Waals surface area contributed by atoms with E-state index in [0.717, 1.165) is 45.4 Å². The largest absolute Gasteiger partial charge is 0.400 e. The van der Waals surface area contributed by atoms with Gasteiger partial charge in [-0.05, 0) is 81.0 Å². The van der Waals surface area contributed by atoms with Crippen molar-refractivity contribution in [3.8, 4) is 0 Å². The van der Waals surface area contributed by atoms with Crippen LogP contribution in [0, 0.1) is 0 Å². The van der Waals surface area contributed by atoms with Gasteiger partial charge >= 0.3 is 0 Å². The number of nitrogens with zero attached hydrogens (tertiary/aromatic N) is 2.